The summed E-state index contributed by atoms with van der Waals surface area (Å²) in [7, 11) is 0. The van der Waals surface area contributed by atoms with Gasteiger partial charge in [0.1, 0.15) is 17.4 Å². The van der Waals surface area contributed by atoms with Gasteiger partial charge < -0.3 is 10.4 Å². The summed E-state index contributed by atoms with van der Waals surface area (Å²) in [6.07, 6.45) is 0. The summed E-state index contributed by atoms with van der Waals surface area (Å²) in [5, 5.41) is 11.7. The molecule has 106 valence electrons. The summed E-state index contributed by atoms with van der Waals surface area (Å²) in [6, 6.07) is 3.89. The van der Waals surface area contributed by atoms with Crippen LogP contribution in [0.2, 0.25) is 0 Å². The molecule has 0 saturated heterocycles. The average Bonchev–Trinajstić information content (AvgIpc) is 2.35. The molecule has 2 aromatic rings. The Morgan fingerprint density at radius 3 is 2.20 bits per heavy atom. The van der Waals surface area contributed by atoms with Crippen LogP contribution in [-0.2, 0) is 0 Å². The SMILES string of the molecule is CC(Nc1cc(F)c(F)cc1F)c1ccc(O)cc1F. The Labute approximate surface area is 112 Å². The van der Waals surface area contributed by atoms with Gasteiger partial charge in [0.25, 0.3) is 0 Å². The monoisotopic (exact) mass is 285 g/mol. The van der Waals surface area contributed by atoms with Gasteiger partial charge in [0, 0.05) is 23.8 Å². The lowest BCUT2D eigenvalue weighted by atomic mass is 10.1. The zero-order chi connectivity index (χ0) is 14.9. The van der Waals surface area contributed by atoms with Gasteiger partial charge in [-0.1, -0.05) is 6.07 Å². The Balaban J connectivity index is 2.27. The Bertz CT molecular complexity index is 645. The van der Waals surface area contributed by atoms with E-state index in [1.165, 1.54) is 19.1 Å². The fourth-order valence-electron chi connectivity index (χ4n) is 1.81. The van der Waals surface area contributed by atoms with E-state index in [-0.39, 0.29) is 17.0 Å². The number of hydrogen-bond donors (Lipinski definition) is 2. The molecule has 1 atom stereocenters. The van der Waals surface area contributed by atoms with Gasteiger partial charge in [-0.2, -0.15) is 0 Å². The second kappa shape index (κ2) is 5.40. The highest BCUT2D eigenvalue weighted by Crippen LogP contribution is 2.26. The summed E-state index contributed by atoms with van der Waals surface area (Å²) in [5.41, 5.74) is -0.115. The molecule has 0 fully saturated rings. The summed E-state index contributed by atoms with van der Waals surface area (Å²) in [4.78, 5) is 0. The predicted octanol–water partition coefficient (Wildman–Crippen LogP) is 4.12. The molecule has 2 nitrogen and oxygen atoms in total. The maximum atomic E-state index is 13.6. The van der Waals surface area contributed by atoms with Crippen molar-refractivity contribution in [2.75, 3.05) is 5.32 Å². The first-order chi connectivity index (χ1) is 9.38. The van der Waals surface area contributed by atoms with Crippen molar-refractivity contribution < 1.29 is 22.7 Å². The summed E-state index contributed by atoms with van der Waals surface area (Å²) < 4.78 is 52.9. The summed E-state index contributed by atoms with van der Waals surface area (Å²) in [6.45, 7) is 1.52. The van der Waals surface area contributed by atoms with E-state index in [0.717, 1.165) is 6.07 Å². The quantitative estimate of drug-likeness (QED) is 0.656. The van der Waals surface area contributed by atoms with E-state index >= 15 is 0 Å². The minimum absolute atomic E-state index is 0.159. The molecule has 0 radical (unpaired) electrons. The molecule has 0 aliphatic carbocycles. The van der Waals surface area contributed by atoms with E-state index in [0.29, 0.717) is 12.1 Å². The molecule has 0 amide bonds. The molecule has 0 aliphatic rings. The van der Waals surface area contributed by atoms with Crippen LogP contribution in [0, 0.1) is 23.3 Å². The highest BCUT2D eigenvalue weighted by atomic mass is 19.2. The van der Waals surface area contributed by atoms with Crippen LogP contribution in [0.15, 0.2) is 30.3 Å². The molecule has 0 bridgehead atoms. The first kappa shape index (κ1) is 14.2. The number of phenols is 1. The maximum absolute atomic E-state index is 13.6. The molecule has 0 saturated carbocycles. The van der Waals surface area contributed by atoms with E-state index in [2.05, 4.69) is 5.32 Å². The topological polar surface area (TPSA) is 32.3 Å². The molecular weight excluding hydrogens is 274 g/mol. The number of halogens is 4. The molecule has 2 aromatic carbocycles. The van der Waals surface area contributed by atoms with Gasteiger partial charge in [-0.15, -0.1) is 0 Å². The Morgan fingerprint density at radius 1 is 0.900 bits per heavy atom. The zero-order valence-electron chi connectivity index (χ0n) is 10.4. The third kappa shape index (κ3) is 2.84. The second-order valence-electron chi connectivity index (χ2n) is 4.32. The van der Waals surface area contributed by atoms with Gasteiger partial charge >= 0.3 is 0 Å². The van der Waals surface area contributed by atoms with Crippen LogP contribution in [0.4, 0.5) is 23.2 Å². The smallest absolute Gasteiger partial charge is 0.161 e. The number of benzene rings is 2. The van der Waals surface area contributed by atoms with Gasteiger partial charge in [-0.3, -0.25) is 0 Å². The number of aromatic hydroxyl groups is 1. The van der Waals surface area contributed by atoms with Crippen LogP contribution in [0.3, 0.4) is 0 Å². The van der Waals surface area contributed by atoms with Crippen molar-refractivity contribution in [3.05, 3.63) is 59.2 Å². The van der Waals surface area contributed by atoms with Crippen molar-refractivity contribution in [2.24, 2.45) is 0 Å². The van der Waals surface area contributed by atoms with Crippen LogP contribution in [0.5, 0.6) is 5.75 Å². The molecule has 0 spiro atoms. The van der Waals surface area contributed by atoms with Crippen molar-refractivity contribution >= 4 is 5.69 Å². The number of rotatable bonds is 3. The predicted molar refractivity (Wildman–Crippen MR) is 66.4 cm³/mol. The van der Waals surface area contributed by atoms with Crippen molar-refractivity contribution in [3.63, 3.8) is 0 Å². The van der Waals surface area contributed by atoms with Crippen LogP contribution >= 0.6 is 0 Å². The number of hydrogen-bond acceptors (Lipinski definition) is 2. The van der Waals surface area contributed by atoms with Gasteiger partial charge in [0.2, 0.25) is 0 Å². The van der Waals surface area contributed by atoms with E-state index in [1.807, 2.05) is 0 Å². The molecule has 20 heavy (non-hydrogen) atoms. The zero-order valence-corrected chi connectivity index (χ0v) is 10.4. The van der Waals surface area contributed by atoms with Crippen LogP contribution in [0.1, 0.15) is 18.5 Å². The van der Waals surface area contributed by atoms with Gasteiger partial charge in [-0.05, 0) is 13.0 Å². The average molecular weight is 285 g/mol. The minimum Gasteiger partial charge on any atom is -0.508 e. The summed E-state index contributed by atoms with van der Waals surface area (Å²) in [5.74, 6) is -4.40. The molecule has 2 N–H and O–H groups in total. The fraction of sp³-hybridized carbons (Fsp3) is 0.143. The number of anilines is 1. The lowest BCUT2D eigenvalue weighted by Crippen LogP contribution is -2.10. The first-order valence-corrected chi connectivity index (χ1v) is 5.78. The van der Waals surface area contributed by atoms with Crippen molar-refractivity contribution in [1.29, 1.82) is 0 Å². The third-order valence-electron chi connectivity index (χ3n) is 2.83. The molecule has 6 heteroatoms. The highest BCUT2D eigenvalue weighted by Gasteiger charge is 2.15. The maximum Gasteiger partial charge on any atom is 0.161 e. The Hall–Kier alpha value is -2.24. The Kier molecular flexibility index (Phi) is 3.83. The van der Waals surface area contributed by atoms with Gasteiger partial charge in [-0.25, -0.2) is 17.6 Å². The first-order valence-electron chi connectivity index (χ1n) is 5.78. The fourth-order valence-corrected chi connectivity index (χ4v) is 1.81. The molecule has 0 aliphatic heterocycles. The van der Waals surface area contributed by atoms with Crippen molar-refractivity contribution in [2.45, 2.75) is 13.0 Å². The van der Waals surface area contributed by atoms with Crippen LogP contribution in [0.25, 0.3) is 0 Å². The van der Waals surface area contributed by atoms with Crippen LogP contribution < -0.4 is 5.32 Å². The van der Waals surface area contributed by atoms with E-state index in [1.54, 1.807) is 0 Å². The van der Waals surface area contributed by atoms with E-state index in [4.69, 9.17) is 5.11 Å². The van der Waals surface area contributed by atoms with Crippen molar-refractivity contribution in [3.8, 4) is 5.75 Å². The van der Waals surface area contributed by atoms with Gasteiger partial charge in [0.05, 0.1) is 11.7 Å². The highest BCUT2D eigenvalue weighted by molar-refractivity contribution is 5.47. The molecular formula is C14H11F4NO. The summed E-state index contributed by atoms with van der Waals surface area (Å²) >= 11 is 0. The lowest BCUT2D eigenvalue weighted by Gasteiger charge is -2.17. The van der Waals surface area contributed by atoms with Crippen LogP contribution in [-0.4, -0.2) is 5.11 Å². The molecule has 0 heterocycles. The standard InChI is InChI=1S/C14H11F4NO/c1-7(9-3-2-8(20)4-10(9)15)19-14-6-12(17)11(16)5-13(14)18/h2-7,19-20H,1H3. The normalized spacial score (nSPS) is 12.2. The third-order valence-corrected chi connectivity index (χ3v) is 2.83. The van der Waals surface area contributed by atoms with E-state index < -0.39 is 29.3 Å². The molecule has 2 rings (SSSR count). The second-order valence-corrected chi connectivity index (χ2v) is 4.32. The number of nitrogens with one attached hydrogen (secondary N) is 1. The Morgan fingerprint density at radius 2 is 1.55 bits per heavy atom. The van der Waals surface area contributed by atoms with E-state index in [9.17, 15) is 17.6 Å². The van der Waals surface area contributed by atoms with Gasteiger partial charge in [0.15, 0.2) is 11.6 Å². The van der Waals surface area contributed by atoms with Crippen molar-refractivity contribution in [1.82, 2.24) is 0 Å². The molecule has 0 aromatic heterocycles. The number of phenolic OH excluding ortho intramolecular Hbond substituents is 1. The minimum atomic E-state index is -1.29. The largest absolute Gasteiger partial charge is 0.508 e. The molecule has 1 unspecified atom stereocenters. The lowest BCUT2D eigenvalue weighted by molar-refractivity contribution is 0.467.